The van der Waals surface area contributed by atoms with Gasteiger partial charge in [0.05, 0.1) is 23.6 Å². The normalized spacial score (nSPS) is 21.5. The van der Waals surface area contributed by atoms with Crippen molar-refractivity contribution in [3.05, 3.63) is 53.3 Å². The van der Waals surface area contributed by atoms with Crippen LogP contribution in [-0.2, 0) is 10.3 Å². The molecule has 1 aliphatic heterocycles. The van der Waals surface area contributed by atoms with E-state index in [2.05, 4.69) is 25.3 Å². The second kappa shape index (κ2) is 7.16. The van der Waals surface area contributed by atoms with E-state index in [0.29, 0.717) is 35.3 Å². The van der Waals surface area contributed by atoms with Gasteiger partial charge in [-0.2, -0.15) is 15.0 Å². The van der Waals surface area contributed by atoms with Crippen molar-refractivity contribution in [2.24, 2.45) is 5.92 Å². The number of nitrogens with zero attached hydrogens (tertiary/aromatic N) is 6. The number of anilines is 2. The quantitative estimate of drug-likeness (QED) is 0.607. The lowest BCUT2D eigenvalue weighted by atomic mass is 10.2. The van der Waals surface area contributed by atoms with Crippen LogP contribution in [0.2, 0.25) is 5.02 Å². The topological polar surface area (TPSA) is 98.1 Å². The Hall–Kier alpha value is -3.20. The molecule has 10 heteroatoms. The molecule has 0 spiro atoms. The molecule has 3 heterocycles. The highest BCUT2D eigenvalue weighted by molar-refractivity contribution is 6.30. The van der Waals surface area contributed by atoms with Crippen molar-refractivity contribution in [2.75, 3.05) is 16.8 Å². The second-order valence-electron chi connectivity index (χ2n) is 8.71. The maximum Gasteiger partial charge on any atom is 0.417 e. The summed E-state index contributed by atoms with van der Waals surface area (Å²) in [6, 6.07) is 7.62. The Labute approximate surface area is 189 Å². The molecule has 32 heavy (non-hydrogen) atoms. The molecule has 3 aliphatic rings. The highest BCUT2D eigenvalue weighted by atomic mass is 35.5. The number of amides is 1. The third-order valence-electron chi connectivity index (χ3n) is 6.32. The second-order valence-corrected chi connectivity index (χ2v) is 9.14. The van der Waals surface area contributed by atoms with E-state index in [1.54, 1.807) is 18.2 Å². The van der Waals surface area contributed by atoms with Crippen molar-refractivity contribution in [2.45, 2.75) is 44.2 Å². The van der Waals surface area contributed by atoms with Crippen LogP contribution in [0, 0.1) is 12.8 Å². The summed E-state index contributed by atoms with van der Waals surface area (Å²) in [6.45, 7) is 2.20. The van der Waals surface area contributed by atoms with Crippen LogP contribution in [-0.4, -0.2) is 43.2 Å². The number of carbonyl (C=O) groups excluding carboxylic acids is 1. The monoisotopic (exact) mass is 451 g/mol. The van der Waals surface area contributed by atoms with Crippen LogP contribution in [0.4, 0.5) is 16.7 Å². The molecule has 2 saturated carbocycles. The molecule has 1 N–H and O–H groups in total. The number of cyclic esters (lactones) is 1. The number of nitrogens with one attached hydrogen (secondary N) is 1. The molecule has 1 amide bonds. The van der Waals surface area contributed by atoms with Gasteiger partial charge in [-0.15, -0.1) is 0 Å². The summed E-state index contributed by atoms with van der Waals surface area (Å²) in [7, 11) is 0. The third-order valence-corrected chi connectivity index (χ3v) is 6.57. The van der Waals surface area contributed by atoms with E-state index in [4.69, 9.17) is 16.3 Å². The molecule has 1 atom stereocenters. The first kappa shape index (κ1) is 19.5. The Balaban J connectivity index is 1.27. The highest BCUT2D eigenvalue weighted by Crippen LogP contribution is 2.47. The SMILES string of the molecule is Cc1nc(NC2(c3cn(-c4ccc(Cl)cc4)cn3)CC2)nc(N2C(=O)OCC2C2CC2)n1. The molecule has 3 aromatic rings. The maximum atomic E-state index is 12.4. The van der Waals surface area contributed by atoms with Gasteiger partial charge < -0.3 is 14.6 Å². The van der Waals surface area contributed by atoms with Gasteiger partial charge in [-0.1, -0.05) is 11.6 Å². The first-order valence-electron chi connectivity index (χ1n) is 10.8. The van der Waals surface area contributed by atoms with Gasteiger partial charge in [-0.3, -0.25) is 0 Å². The number of hydrogen-bond acceptors (Lipinski definition) is 7. The molecular formula is C22H22ClN7O2. The Morgan fingerprint density at radius 1 is 1.16 bits per heavy atom. The summed E-state index contributed by atoms with van der Waals surface area (Å²) >= 11 is 6.00. The standard InChI is InChI=1S/C22H22ClN7O2/c1-13-25-19(27-20(26-13)30-17(14-2-3-14)11-32-21(30)31)28-22(8-9-22)18-10-29(12-24-18)16-6-4-15(23)5-7-16/h4-7,10,12,14,17H,2-3,8-9,11H2,1H3,(H,25,26,27,28). The summed E-state index contributed by atoms with van der Waals surface area (Å²) in [5.74, 6) is 1.80. The van der Waals surface area contributed by atoms with E-state index in [1.165, 1.54) is 0 Å². The molecule has 164 valence electrons. The number of ether oxygens (including phenoxy) is 1. The molecule has 2 aromatic heterocycles. The highest BCUT2D eigenvalue weighted by Gasteiger charge is 2.48. The molecule has 2 aliphatic carbocycles. The fraction of sp³-hybridized carbons (Fsp3) is 0.409. The van der Waals surface area contributed by atoms with E-state index in [0.717, 1.165) is 37.1 Å². The lowest BCUT2D eigenvalue weighted by molar-refractivity contribution is 0.178. The molecule has 0 radical (unpaired) electrons. The molecular weight excluding hydrogens is 430 g/mol. The van der Waals surface area contributed by atoms with Gasteiger partial charge >= 0.3 is 6.09 Å². The average molecular weight is 452 g/mol. The van der Waals surface area contributed by atoms with E-state index in [-0.39, 0.29) is 17.7 Å². The van der Waals surface area contributed by atoms with Crippen LogP contribution < -0.4 is 10.2 Å². The van der Waals surface area contributed by atoms with Crippen molar-refractivity contribution >= 4 is 29.6 Å². The summed E-state index contributed by atoms with van der Waals surface area (Å²) in [4.78, 5) is 32.1. The molecule has 0 bridgehead atoms. The van der Waals surface area contributed by atoms with Crippen molar-refractivity contribution in [1.29, 1.82) is 0 Å². The molecule has 3 fully saturated rings. The number of hydrogen-bond donors (Lipinski definition) is 1. The van der Waals surface area contributed by atoms with Crippen LogP contribution in [0.15, 0.2) is 36.8 Å². The number of aryl methyl sites for hydroxylation is 1. The van der Waals surface area contributed by atoms with Gasteiger partial charge in [0.25, 0.3) is 0 Å². The van der Waals surface area contributed by atoms with Gasteiger partial charge in [0.1, 0.15) is 12.4 Å². The van der Waals surface area contributed by atoms with Crippen molar-refractivity contribution < 1.29 is 9.53 Å². The molecule has 1 unspecified atom stereocenters. The molecule has 6 rings (SSSR count). The lowest BCUT2D eigenvalue weighted by Crippen LogP contribution is -2.37. The van der Waals surface area contributed by atoms with Crippen LogP contribution in [0.1, 0.15) is 37.2 Å². The predicted molar refractivity (Wildman–Crippen MR) is 118 cm³/mol. The van der Waals surface area contributed by atoms with Gasteiger partial charge in [-0.05, 0) is 62.8 Å². The zero-order valence-electron chi connectivity index (χ0n) is 17.5. The number of imidazole rings is 1. The van der Waals surface area contributed by atoms with Crippen molar-refractivity contribution in [3.63, 3.8) is 0 Å². The Morgan fingerprint density at radius 3 is 2.66 bits per heavy atom. The van der Waals surface area contributed by atoms with Crippen LogP contribution in [0.25, 0.3) is 5.69 Å². The zero-order valence-corrected chi connectivity index (χ0v) is 18.3. The van der Waals surface area contributed by atoms with E-state index in [9.17, 15) is 4.79 Å². The average Bonchev–Trinajstić information content (AvgIpc) is 3.67. The Morgan fingerprint density at radius 2 is 1.94 bits per heavy atom. The number of benzene rings is 1. The van der Waals surface area contributed by atoms with Gasteiger partial charge in [0.2, 0.25) is 11.9 Å². The molecule has 1 saturated heterocycles. The van der Waals surface area contributed by atoms with E-state index in [1.807, 2.05) is 35.0 Å². The first-order chi connectivity index (χ1) is 15.5. The van der Waals surface area contributed by atoms with Gasteiger partial charge in [0.15, 0.2) is 0 Å². The minimum atomic E-state index is -0.388. The van der Waals surface area contributed by atoms with Crippen LogP contribution in [0.5, 0.6) is 0 Å². The Kier molecular flexibility index (Phi) is 4.36. The van der Waals surface area contributed by atoms with Crippen LogP contribution >= 0.6 is 11.6 Å². The van der Waals surface area contributed by atoms with Gasteiger partial charge in [0, 0.05) is 16.9 Å². The zero-order chi connectivity index (χ0) is 21.9. The van der Waals surface area contributed by atoms with Crippen LogP contribution in [0.3, 0.4) is 0 Å². The smallest absolute Gasteiger partial charge is 0.417 e. The number of rotatable bonds is 6. The summed E-state index contributed by atoms with van der Waals surface area (Å²) < 4.78 is 7.26. The van der Waals surface area contributed by atoms with E-state index < -0.39 is 0 Å². The summed E-state index contributed by atoms with van der Waals surface area (Å²) in [6.07, 6.45) is 7.46. The van der Waals surface area contributed by atoms with E-state index >= 15 is 0 Å². The largest absolute Gasteiger partial charge is 0.447 e. The number of aromatic nitrogens is 5. The molecule has 9 nitrogen and oxygen atoms in total. The lowest BCUT2D eigenvalue weighted by Gasteiger charge is -2.21. The van der Waals surface area contributed by atoms with Crippen molar-refractivity contribution in [3.8, 4) is 5.69 Å². The Bertz CT molecular complexity index is 1190. The predicted octanol–water partition coefficient (Wildman–Crippen LogP) is 3.86. The summed E-state index contributed by atoms with van der Waals surface area (Å²) in [5.41, 5.74) is 1.58. The fourth-order valence-electron chi connectivity index (χ4n) is 4.23. The first-order valence-corrected chi connectivity index (χ1v) is 11.2. The van der Waals surface area contributed by atoms with Gasteiger partial charge in [-0.25, -0.2) is 14.7 Å². The molecule has 1 aromatic carbocycles. The fourth-order valence-corrected chi connectivity index (χ4v) is 4.36. The number of carbonyl (C=O) groups is 1. The number of halogens is 1. The van der Waals surface area contributed by atoms with Crippen molar-refractivity contribution in [1.82, 2.24) is 24.5 Å². The summed E-state index contributed by atoms with van der Waals surface area (Å²) in [5, 5.41) is 4.16. The minimum absolute atomic E-state index is 0.00195. The third kappa shape index (κ3) is 3.46. The maximum absolute atomic E-state index is 12.4. The minimum Gasteiger partial charge on any atom is -0.447 e.